The summed E-state index contributed by atoms with van der Waals surface area (Å²) in [6.45, 7) is 1.68. The van der Waals surface area contributed by atoms with E-state index in [0.29, 0.717) is 21.5 Å². The Kier molecular flexibility index (Phi) is 4.93. The predicted molar refractivity (Wildman–Crippen MR) is 99.1 cm³/mol. The van der Waals surface area contributed by atoms with Crippen LogP contribution in [0.2, 0.25) is 10.0 Å². The number of rotatable bonds is 4. The molecule has 0 aromatic heterocycles. The molecule has 0 spiro atoms. The third kappa shape index (κ3) is 3.64. The van der Waals surface area contributed by atoms with Crippen molar-refractivity contribution in [2.45, 2.75) is 13.0 Å². The van der Waals surface area contributed by atoms with Crippen LogP contribution >= 0.6 is 23.2 Å². The van der Waals surface area contributed by atoms with E-state index in [9.17, 15) is 4.79 Å². The molecule has 122 valence electrons. The van der Waals surface area contributed by atoms with Crippen molar-refractivity contribution in [3.8, 4) is 5.75 Å². The Hall–Kier alpha value is -2.23. The molecule has 5 heteroatoms. The van der Waals surface area contributed by atoms with Gasteiger partial charge in [-0.3, -0.25) is 4.79 Å². The van der Waals surface area contributed by atoms with Crippen LogP contribution in [0.1, 0.15) is 6.92 Å². The minimum atomic E-state index is -0.696. The molecule has 1 atom stereocenters. The summed E-state index contributed by atoms with van der Waals surface area (Å²) in [5.41, 5.74) is 0.389. The predicted octanol–water partition coefficient (Wildman–Crippen LogP) is 5.55. The van der Waals surface area contributed by atoms with Crippen molar-refractivity contribution in [2.75, 3.05) is 5.32 Å². The number of fused-ring (bicyclic) bond motifs is 1. The van der Waals surface area contributed by atoms with E-state index < -0.39 is 6.10 Å². The maximum absolute atomic E-state index is 12.3. The molecule has 0 fully saturated rings. The highest BCUT2D eigenvalue weighted by Gasteiger charge is 2.17. The first-order valence-electron chi connectivity index (χ1n) is 7.45. The Morgan fingerprint density at radius 1 is 0.958 bits per heavy atom. The zero-order valence-corrected chi connectivity index (χ0v) is 14.4. The molecule has 0 aliphatic heterocycles. The van der Waals surface area contributed by atoms with Gasteiger partial charge in [0.15, 0.2) is 6.10 Å². The van der Waals surface area contributed by atoms with Gasteiger partial charge in [-0.15, -0.1) is 0 Å². The summed E-state index contributed by atoms with van der Waals surface area (Å²) in [5, 5.41) is 5.64. The zero-order chi connectivity index (χ0) is 17.1. The summed E-state index contributed by atoms with van der Waals surface area (Å²) in [6.07, 6.45) is -0.696. The molecule has 1 unspecified atom stereocenters. The highest BCUT2D eigenvalue weighted by Crippen LogP contribution is 2.30. The number of nitrogens with one attached hydrogen (secondary N) is 1. The van der Waals surface area contributed by atoms with E-state index in [-0.39, 0.29) is 5.91 Å². The zero-order valence-electron chi connectivity index (χ0n) is 12.9. The van der Waals surface area contributed by atoms with E-state index in [2.05, 4.69) is 5.32 Å². The second-order valence-electron chi connectivity index (χ2n) is 5.35. The lowest BCUT2D eigenvalue weighted by atomic mass is 10.1. The largest absolute Gasteiger partial charge is 0.481 e. The molecule has 0 radical (unpaired) electrons. The first-order valence-corrected chi connectivity index (χ1v) is 8.20. The van der Waals surface area contributed by atoms with Gasteiger partial charge in [0.25, 0.3) is 5.91 Å². The molecule has 3 nitrogen and oxygen atoms in total. The average molecular weight is 360 g/mol. The topological polar surface area (TPSA) is 38.3 Å². The van der Waals surface area contributed by atoms with Gasteiger partial charge in [0, 0.05) is 0 Å². The van der Waals surface area contributed by atoms with Crippen molar-refractivity contribution < 1.29 is 9.53 Å². The summed E-state index contributed by atoms with van der Waals surface area (Å²) in [7, 11) is 0. The highest BCUT2D eigenvalue weighted by molar-refractivity contribution is 6.39. The van der Waals surface area contributed by atoms with Crippen LogP contribution in [0.15, 0.2) is 60.7 Å². The Morgan fingerprint density at radius 2 is 1.62 bits per heavy atom. The minimum absolute atomic E-state index is 0.321. The third-order valence-corrected chi connectivity index (χ3v) is 4.24. The van der Waals surface area contributed by atoms with Crippen LogP contribution in [-0.4, -0.2) is 12.0 Å². The maximum Gasteiger partial charge on any atom is 0.265 e. The number of hydrogen-bond donors (Lipinski definition) is 1. The Morgan fingerprint density at radius 3 is 2.33 bits per heavy atom. The van der Waals surface area contributed by atoms with E-state index >= 15 is 0 Å². The highest BCUT2D eigenvalue weighted by atomic mass is 35.5. The number of carbonyl (C=O) groups is 1. The lowest BCUT2D eigenvalue weighted by molar-refractivity contribution is -0.122. The van der Waals surface area contributed by atoms with Crippen molar-refractivity contribution in [1.29, 1.82) is 0 Å². The number of amides is 1. The van der Waals surface area contributed by atoms with Gasteiger partial charge < -0.3 is 10.1 Å². The van der Waals surface area contributed by atoms with Gasteiger partial charge in [-0.1, -0.05) is 59.6 Å². The number of benzene rings is 3. The smallest absolute Gasteiger partial charge is 0.265 e. The van der Waals surface area contributed by atoms with E-state index in [1.807, 2.05) is 42.5 Å². The van der Waals surface area contributed by atoms with Crippen molar-refractivity contribution >= 4 is 45.6 Å². The fourth-order valence-corrected chi connectivity index (χ4v) is 2.83. The normalized spacial score (nSPS) is 12.0. The second-order valence-corrected chi connectivity index (χ2v) is 6.17. The van der Waals surface area contributed by atoms with Gasteiger partial charge in [-0.2, -0.15) is 0 Å². The molecule has 1 amide bonds. The first kappa shape index (κ1) is 16.6. The summed E-state index contributed by atoms with van der Waals surface area (Å²) in [4.78, 5) is 12.3. The quantitative estimate of drug-likeness (QED) is 0.662. The third-order valence-electron chi connectivity index (χ3n) is 3.61. The lowest BCUT2D eigenvalue weighted by Crippen LogP contribution is -2.30. The standard InChI is InChI=1S/C19H15Cl2NO2/c1-12(19(23)22-18-16(20)7-4-8-17(18)21)24-15-10-9-13-5-2-3-6-14(13)11-15/h2-12H,1H3,(H,22,23). The van der Waals surface area contributed by atoms with Crippen LogP contribution in [0.4, 0.5) is 5.69 Å². The van der Waals surface area contributed by atoms with Crippen molar-refractivity contribution in [3.63, 3.8) is 0 Å². The molecule has 0 aliphatic rings. The van der Waals surface area contributed by atoms with Crippen molar-refractivity contribution in [3.05, 3.63) is 70.7 Å². The fraction of sp³-hybridized carbons (Fsp3) is 0.105. The van der Waals surface area contributed by atoms with Crippen LogP contribution in [0.5, 0.6) is 5.75 Å². The Labute approximate surface area is 150 Å². The van der Waals surface area contributed by atoms with Gasteiger partial charge in [0.2, 0.25) is 0 Å². The Bertz CT molecular complexity index is 875. The maximum atomic E-state index is 12.3. The molecular weight excluding hydrogens is 345 g/mol. The fourth-order valence-electron chi connectivity index (χ4n) is 2.34. The molecule has 0 saturated heterocycles. The van der Waals surface area contributed by atoms with Crippen LogP contribution in [0.25, 0.3) is 10.8 Å². The number of ether oxygens (including phenoxy) is 1. The minimum Gasteiger partial charge on any atom is -0.481 e. The molecule has 3 rings (SSSR count). The molecule has 0 heterocycles. The molecule has 0 aliphatic carbocycles. The molecule has 0 bridgehead atoms. The number of halogens is 2. The summed E-state index contributed by atoms with van der Waals surface area (Å²) < 4.78 is 5.74. The molecule has 0 saturated carbocycles. The molecule has 24 heavy (non-hydrogen) atoms. The number of hydrogen-bond acceptors (Lipinski definition) is 2. The van der Waals surface area contributed by atoms with Gasteiger partial charge in [-0.25, -0.2) is 0 Å². The lowest BCUT2D eigenvalue weighted by Gasteiger charge is -2.16. The van der Waals surface area contributed by atoms with Crippen LogP contribution in [0.3, 0.4) is 0 Å². The number of para-hydroxylation sites is 1. The van der Waals surface area contributed by atoms with Gasteiger partial charge in [0.05, 0.1) is 15.7 Å². The van der Waals surface area contributed by atoms with Gasteiger partial charge in [-0.05, 0) is 42.0 Å². The van der Waals surface area contributed by atoms with Crippen molar-refractivity contribution in [2.24, 2.45) is 0 Å². The summed E-state index contributed by atoms with van der Waals surface area (Å²) in [6, 6.07) is 18.7. The van der Waals surface area contributed by atoms with E-state index in [4.69, 9.17) is 27.9 Å². The van der Waals surface area contributed by atoms with E-state index in [0.717, 1.165) is 10.8 Å². The second kappa shape index (κ2) is 7.12. The van der Waals surface area contributed by atoms with Crippen molar-refractivity contribution in [1.82, 2.24) is 0 Å². The molecular formula is C19H15Cl2NO2. The SMILES string of the molecule is CC(Oc1ccc2ccccc2c1)C(=O)Nc1c(Cl)cccc1Cl. The summed E-state index contributed by atoms with van der Waals surface area (Å²) >= 11 is 12.1. The van der Waals surface area contributed by atoms with Crippen LogP contribution in [-0.2, 0) is 4.79 Å². The average Bonchev–Trinajstić information content (AvgIpc) is 2.58. The molecule has 3 aromatic rings. The Balaban J connectivity index is 1.73. The summed E-state index contributed by atoms with van der Waals surface area (Å²) in [5.74, 6) is 0.305. The van der Waals surface area contributed by atoms with Crippen LogP contribution in [0, 0.1) is 0 Å². The van der Waals surface area contributed by atoms with Gasteiger partial charge >= 0.3 is 0 Å². The number of anilines is 1. The van der Waals surface area contributed by atoms with E-state index in [1.165, 1.54) is 0 Å². The van der Waals surface area contributed by atoms with E-state index in [1.54, 1.807) is 25.1 Å². The molecule has 1 N–H and O–H groups in total. The van der Waals surface area contributed by atoms with Gasteiger partial charge in [0.1, 0.15) is 5.75 Å². The van der Waals surface area contributed by atoms with Crippen LogP contribution < -0.4 is 10.1 Å². The monoisotopic (exact) mass is 359 g/mol. The molecule has 3 aromatic carbocycles. The number of carbonyl (C=O) groups excluding carboxylic acids is 1. The first-order chi connectivity index (χ1) is 11.5.